The maximum Gasteiger partial charge on any atom is 0.188 e. The second-order valence-electron chi connectivity index (χ2n) is 7.39. The van der Waals surface area contributed by atoms with Crippen LogP contribution in [-0.2, 0) is 18.9 Å². The Kier molecular flexibility index (Phi) is 10.5. The average molecular weight is 458 g/mol. The molecule has 0 aromatic heterocycles. The quantitative estimate of drug-likeness (QED) is 0.180. The fourth-order valence-corrected chi connectivity index (χ4v) is 2.99. The van der Waals surface area contributed by atoms with Crippen LogP contribution in [0.15, 0.2) is 12.2 Å². The molecule has 0 aromatic rings. The molecule has 0 aliphatic carbocycles. The SMILES string of the molecule is CC[C@@H](C#CC#C/C=C/CO)O[C@@H]1O[C@H](CO[C@@H]2OC[C@](O)(CO)[C@H]2O)[C@@H](O)[C@H](O)[C@H]1O. The zero-order chi connectivity index (χ0) is 23.7. The summed E-state index contributed by atoms with van der Waals surface area (Å²) in [6, 6.07) is 0. The van der Waals surface area contributed by atoms with Crippen LogP contribution in [-0.4, -0.2) is 117 Å². The van der Waals surface area contributed by atoms with Gasteiger partial charge in [0.25, 0.3) is 0 Å². The van der Waals surface area contributed by atoms with Gasteiger partial charge < -0.3 is 54.7 Å². The van der Waals surface area contributed by atoms with Gasteiger partial charge in [0.2, 0.25) is 0 Å². The molecule has 32 heavy (non-hydrogen) atoms. The molecule has 0 saturated carbocycles. The van der Waals surface area contributed by atoms with Crippen molar-refractivity contribution in [1.82, 2.24) is 0 Å². The molecule has 0 bridgehead atoms. The van der Waals surface area contributed by atoms with Gasteiger partial charge in [-0.25, -0.2) is 0 Å². The van der Waals surface area contributed by atoms with Gasteiger partial charge >= 0.3 is 0 Å². The molecule has 9 atom stereocenters. The summed E-state index contributed by atoms with van der Waals surface area (Å²) in [6.45, 7) is 0.178. The van der Waals surface area contributed by atoms with Gasteiger partial charge in [-0.1, -0.05) is 24.8 Å². The summed E-state index contributed by atoms with van der Waals surface area (Å²) in [4.78, 5) is 0. The summed E-state index contributed by atoms with van der Waals surface area (Å²) in [5.74, 6) is 10.5. The van der Waals surface area contributed by atoms with Crippen molar-refractivity contribution in [3.63, 3.8) is 0 Å². The number of hydrogen-bond acceptors (Lipinski definition) is 11. The molecular weight excluding hydrogens is 428 g/mol. The van der Waals surface area contributed by atoms with Crippen LogP contribution in [0.2, 0.25) is 0 Å². The maximum absolute atomic E-state index is 10.2. The molecule has 11 nitrogen and oxygen atoms in total. The predicted octanol–water partition coefficient (Wildman–Crippen LogP) is -3.40. The lowest BCUT2D eigenvalue weighted by Crippen LogP contribution is -2.60. The van der Waals surface area contributed by atoms with Crippen LogP contribution in [0.4, 0.5) is 0 Å². The Hall–Kier alpha value is -1.58. The first-order chi connectivity index (χ1) is 15.3. The smallest absolute Gasteiger partial charge is 0.188 e. The predicted molar refractivity (Wildman–Crippen MR) is 107 cm³/mol. The molecular formula is C21H30O11. The first kappa shape index (κ1) is 26.7. The van der Waals surface area contributed by atoms with Crippen LogP contribution in [0, 0.1) is 23.7 Å². The molecule has 0 unspecified atom stereocenters. The fourth-order valence-electron chi connectivity index (χ4n) is 2.99. The van der Waals surface area contributed by atoms with Crippen molar-refractivity contribution in [2.24, 2.45) is 0 Å². The van der Waals surface area contributed by atoms with Crippen molar-refractivity contribution in [1.29, 1.82) is 0 Å². The Bertz CT molecular complexity index is 735. The van der Waals surface area contributed by atoms with Gasteiger partial charge in [0, 0.05) is 0 Å². The minimum atomic E-state index is -1.87. The normalized spacial score (nSPS) is 38.1. The third-order valence-corrected chi connectivity index (χ3v) is 5.02. The van der Waals surface area contributed by atoms with Crippen LogP contribution >= 0.6 is 0 Å². The maximum atomic E-state index is 10.2. The summed E-state index contributed by atoms with van der Waals surface area (Å²) < 4.78 is 21.6. The van der Waals surface area contributed by atoms with E-state index < -0.39 is 61.4 Å². The van der Waals surface area contributed by atoms with E-state index in [0.717, 1.165) is 0 Å². The lowest BCUT2D eigenvalue weighted by atomic mass is 9.99. The number of aliphatic hydroxyl groups excluding tert-OH is 6. The van der Waals surface area contributed by atoms with E-state index in [0.29, 0.717) is 6.42 Å². The third-order valence-electron chi connectivity index (χ3n) is 5.02. The molecule has 7 N–H and O–H groups in total. The van der Waals surface area contributed by atoms with Crippen molar-refractivity contribution in [3.05, 3.63) is 12.2 Å². The Morgan fingerprint density at radius 1 is 1.09 bits per heavy atom. The van der Waals surface area contributed by atoms with Gasteiger partial charge in [0.15, 0.2) is 12.6 Å². The van der Waals surface area contributed by atoms with Gasteiger partial charge in [-0.2, -0.15) is 0 Å². The molecule has 2 aliphatic rings. The largest absolute Gasteiger partial charge is 0.393 e. The minimum Gasteiger partial charge on any atom is -0.393 e. The van der Waals surface area contributed by atoms with Gasteiger partial charge in [-0.05, 0) is 24.3 Å². The van der Waals surface area contributed by atoms with Gasteiger partial charge in [0.05, 0.1) is 26.4 Å². The van der Waals surface area contributed by atoms with Crippen molar-refractivity contribution in [2.75, 3.05) is 26.4 Å². The van der Waals surface area contributed by atoms with E-state index in [-0.39, 0.29) is 19.8 Å². The highest BCUT2D eigenvalue weighted by Gasteiger charge is 2.50. The van der Waals surface area contributed by atoms with E-state index in [1.165, 1.54) is 12.2 Å². The lowest BCUT2D eigenvalue weighted by molar-refractivity contribution is -0.314. The molecule has 2 rings (SSSR count). The molecule has 2 saturated heterocycles. The molecule has 0 spiro atoms. The summed E-state index contributed by atoms with van der Waals surface area (Å²) in [5, 5.41) is 68.4. The highest BCUT2D eigenvalue weighted by Crippen LogP contribution is 2.28. The highest BCUT2D eigenvalue weighted by molar-refractivity contribution is 5.31. The zero-order valence-corrected chi connectivity index (χ0v) is 17.6. The van der Waals surface area contributed by atoms with E-state index in [1.807, 2.05) is 0 Å². The van der Waals surface area contributed by atoms with Crippen LogP contribution in [0.5, 0.6) is 0 Å². The van der Waals surface area contributed by atoms with Crippen molar-refractivity contribution in [3.8, 4) is 23.7 Å². The van der Waals surface area contributed by atoms with Gasteiger partial charge in [0.1, 0.15) is 42.2 Å². The third kappa shape index (κ3) is 6.71. The number of rotatable bonds is 8. The van der Waals surface area contributed by atoms with Crippen molar-refractivity contribution >= 4 is 0 Å². The standard InChI is InChI=1S/C21H30O11/c1-2-13(8-6-4-3-5-7-9-22)31-19-17(26)16(25)15(24)14(32-19)10-29-20-18(27)21(28,11-23)12-30-20/h5,7,13-20,22-28H,2,9-12H2,1H3/b7-5+/t13-,14+,15+,16-,17+,18-,19+,20+,21+/m0/s1. The molecule has 2 fully saturated rings. The number of aliphatic hydroxyl groups is 7. The topological polar surface area (TPSA) is 179 Å². The van der Waals surface area contributed by atoms with Gasteiger partial charge in [-0.3, -0.25) is 0 Å². The van der Waals surface area contributed by atoms with E-state index in [9.17, 15) is 30.6 Å². The first-order valence-corrected chi connectivity index (χ1v) is 10.1. The second kappa shape index (κ2) is 12.6. The van der Waals surface area contributed by atoms with E-state index in [2.05, 4.69) is 23.7 Å². The van der Waals surface area contributed by atoms with E-state index >= 15 is 0 Å². The van der Waals surface area contributed by atoms with Crippen LogP contribution in [0.3, 0.4) is 0 Å². The van der Waals surface area contributed by atoms with Crippen molar-refractivity contribution in [2.45, 2.75) is 68.1 Å². The zero-order valence-electron chi connectivity index (χ0n) is 17.6. The summed E-state index contributed by atoms with van der Waals surface area (Å²) in [5.41, 5.74) is -1.87. The average Bonchev–Trinajstić information content (AvgIpc) is 3.08. The Morgan fingerprint density at radius 2 is 1.84 bits per heavy atom. The van der Waals surface area contributed by atoms with Crippen LogP contribution < -0.4 is 0 Å². The molecule has 11 heteroatoms. The Labute approximate surface area is 185 Å². The first-order valence-electron chi connectivity index (χ1n) is 10.1. The number of ether oxygens (including phenoxy) is 4. The monoisotopic (exact) mass is 458 g/mol. The van der Waals surface area contributed by atoms with Crippen LogP contribution in [0.1, 0.15) is 13.3 Å². The molecule has 2 aliphatic heterocycles. The van der Waals surface area contributed by atoms with Crippen LogP contribution in [0.25, 0.3) is 0 Å². The molecule has 0 radical (unpaired) electrons. The number of hydrogen-bond donors (Lipinski definition) is 7. The van der Waals surface area contributed by atoms with Gasteiger partial charge in [-0.15, -0.1) is 0 Å². The van der Waals surface area contributed by atoms with E-state index in [4.69, 9.17) is 24.1 Å². The molecule has 0 amide bonds. The minimum absolute atomic E-state index is 0.132. The lowest BCUT2D eigenvalue weighted by Gasteiger charge is -2.41. The highest BCUT2D eigenvalue weighted by atomic mass is 16.7. The Balaban J connectivity index is 1.98. The molecule has 2 heterocycles. The Morgan fingerprint density at radius 3 is 2.47 bits per heavy atom. The summed E-state index contributed by atoms with van der Waals surface area (Å²) >= 11 is 0. The fraction of sp³-hybridized carbons (Fsp3) is 0.714. The van der Waals surface area contributed by atoms with Crippen molar-refractivity contribution < 1.29 is 54.7 Å². The second-order valence-corrected chi connectivity index (χ2v) is 7.39. The van der Waals surface area contributed by atoms with E-state index in [1.54, 1.807) is 6.92 Å². The molecule has 180 valence electrons. The summed E-state index contributed by atoms with van der Waals surface area (Å²) in [6.07, 6.45) is -7.44. The molecule has 0 aromatic carbocycles. The summed E-state index contributed by atoms with van der Waals surface area (Å²) in [7, 11) is 0. The number of allylic oxidation sites excluding steroid dienone is 1.